The van der Waals surface area contributed by atoms with Crippen molar-refractivity contribution in [2.24, 2.45) is 0 Å². The third kappa shape index (κ3) is 3.03. The van der Waals surface area contributed by atoms with E-state index >= 15 is 0 Å². The molecule has 0 aliphatic heterocycles. The number of ether oxygens (including phenoxy) is 1. The minimum atomic E-state index is -0.919. The second kappa shape index (κ2) is 5.67. The zero-order chi connectivity index (χ0) is 14.7. The van der Waals surface area contributed by atoms with Gasteiger partial charge in [-0.15, -0.1) is 0 Å². The Hall–Kier alpha value is -2.81. The van der Waals surface area contributed by atoms with Gasteiger partial charge in [0.2, 0.25) is 0 Å². The molecule has 0 spiro atoms. The first-order valence-electron chi connectivity index (χ1n) is 6.66. The Balaban J connectivity index is 1.72. The second-order valence-electron chi connectivity index (χ2n) is 4.80. The number of hydrogen-bond acceptors (Lipinski definition) is 2. The van der Waals surface area contributed by atoms with Gasteiger partial charge < -0.3 is 9.84 Å². The molecule has 0 aromatic heterocycles. The van der Waals surface area contributed by atoms with E-state index in [1.807, 2.05) is 36.4 Å². The lowest BCUT2D eigenvalue weighted by molar-refractivity contribution is 0.0697. The maximum absolute atomic E-state index is 10.8. The molecule has 3 heteroatoms. The molecule has 0 heterocycles. The van der Waals surface area contributed by atoms with Gasteiger partial charge in [0.15, 0.2) is 0 Å². The summed E-state index contributed by atoms with van der Waals surface area (Å²) >= 11 is 0. The Labute approximate surface area is 122 Å². The fraction of sp³-hybridized carbons (Fsp3) is 0.0556. The highest BCUT2D eigenvalue weighted by molar-refractivity contribution is 5.87. The number of carbonyl (C=O) groups is 1. The molecule has 0 fully saturated rings. The Morgan fingerprint density at radius 2 is 1.62 bits per heavy atom. The summed E-state index contributed by atoms with van der Waals surface area (Å²) in [6, 6.07) is 20.8. The maximum atomic E-state index is 10.8. The summed E-state index contributed by atoms with van der Waals surface area (Å²) in [5, 5.41) is 11.2. The smallest absolute Gasteiger partial charge is 0.335 e. The van der Waals surface area contributed by atoms with E-state index in [0.717, 1.165) is 16.7 Å². The average Bonchev–Trinajstić information content (AvgIpc) is 2.53. The first-order valence-corrected chi connectivity index (χ1v) is 6.66. The minimum Gasteiger partial charge on any atom is -0.489 e. The van der Waals surface area contributed by atoms with Crippen LogP contribution in [-0.2, 0) is 6.61 Å². The van der Waals surface area contributed by atoms with E-state index in [1.165, 1.54) is 5.39 Å². The maximum Gasteiger partial charge on any atom is 0.335 e. The zero-order valence-electron chi connectivity index (χ0n) is 11.3. The molecule has 3 nitrogen and oxygen atoms in total. The van der Waals surface area contributed by atoms with Crippen LogP contribution in [0.2, 0.25) is 0 Å². The van der Waals surface area contributed by atoms with Crippen LogP contribution >= 0.6 is 0 Å². The molecule has 0 bridgehead atoms. The first kappa shape index (κ1) is 13.2. The van der Waals surface area contributed by atoms with Gasteiger partial charge in [0.25, 0.3) is 0 Å². The minimum absolute atomic E-state index is 0.282. The molecule has 3 rings (SSSR count). The van der Waals surface area contributed by atoms with Gasteiger partial charge in [-0.3, -0.25) is 0 Å². The molecule has 104 valence electrons. The van der Waals surface area contributed by atoms with Crippen molar-refractivity contribution >= 4 is 16.7 Å². The lowest BCUT2D eigenvalue weighted by atomic mass is 10.1. The number of carboxylic acids is 1. The van der Waals surface area contributed by atoms with Gasteiger partial charge in [-0.1, -0.05) is 42.5 Å². The van der Waals surface area contributed by atoms with E-state index in [9.17, 15) is 4.79 Å². The number of fused-ring (bicyclic) bond motifs is 1. The fourth-order valence-electron chi connectivity index (χ4n) is 2.17. The molecule has 0 saturated heterocycles. The molecule has 0 aliphatic rings. The lowest BCUT2D eigenvalue weighted by Gasteiger charge is -2.07. The summed E-state index contributed by atoms with van der Waals surface area (Å²) in [6.07, 6.45) is 0. The van der Waals surface area contributed by atoms with Gasteiger partial charge in [0.05, 0.1) is 5.56 Å². The number of benzene rings is 3. The van der Waals surface area contributed by atoms with Crippen molar-refractivity contribution < 1.29 is 14.6 Å². The molecular formula is C18H14O3. The van der Waals surface area contributed by atoms with E-state index in [-0.39, 0.29) is 5.56 Å². The van der Waals surface area contributed by atoms with Gasteiger partial charge in [0, 0.05) is 0 Å². The molecule has 0 atom stereocenters. The molecule has 21 heavy (non-hydrogen) atoms. The molecule has 1 N–H and O–H groups in total. The number of hydrogen-bond donors (Lipinski definition) is 1. The molecule has 0 radical (unpaired) electrons. The summed E-state index contributed by atoms with van der Waals surface area (Å²) in [4.78, 5) is 10.8. The monoisotopic (exact) mass is 278 g/mol. The molecule has 0 amide bonds. The van der Waals surface area contributed by atoms with Crippen molar-refractivity contribution in [1.82, 2.24) is 0 Å². The van der Waals surface area contributed by atoms with Crippen molar-refractivity contribution in [1.29, 1.82) is 0 Å². The van der Waals surface area contributed by atoms with Crippen LogP contribution < -0.4 is 4.74 Å². The largest absolute Gasteiger partial charge is 0.489 e. The quantitative estimate of drug-likeness (QED) is 0.781. The molecule has 3 aromatic carbocycles. The highest BCUT2D eigenvalue weighted by Crippen LogP contribution is 2.21. The lowest BCUT2D eigenvalue weighted by Crippen LogP contribution is -1.98. The van der Waals surface area contributed by atoms with Crippen LogP contribution in [0.5, 0.6) is 5.75 Å². The molecule has 0 saturated carbocycles. The topological polar surface area (TPSA) is 46.5 Å². The van der Waals surface area contributed by atoms with Gasteiger partial charge in [-0.05, 0) is 40.6 Å². The molecular weight excluding hydrogens is 264 g/mol. The fourth-order valence-corrected chi connectivity index (χ4v) is 2.17. The standard InChI is InChI=1S/C18H14O3/c19-18(20)15-7-5-13(6-8-15)12-21-17-10-9-14-3-1-2-4-16(14)11-17/h1-11H,12H2,(H,19,20). The summed E-state index contributed by atoms with van der Waals surface area (Å²) in [5.74, 6) is -0.118. The zero-order valence-corrected chi connectivity index (χ0v) is 11.3. The molecule has 0 unspecified atom stereocenters. The van der Waals surface area contributed by atoms with Crippen LogP contribution in [0.4, 0.5) is 0 Å². The SMILES string of the molecule is O=C(O)c1ccc(COc2ccc3ccccc3c2)cc1. The Bertz CT molecular complexity index is 776. The third-order valence-corrected chi connectivity index (χ3v) is 3.33. The van der Waals surface area contributed by atoms with Crippen LogP contribution in [-0.4, -0.2) is 11.1 Å². The van der Waals surface area contributed by atoms with Gasteiger partial charge in [-0.2, -0.15) is 0 Å². The predicted octanol–water partition coefficient (Wildman–Crippen LogP) is 4.12. The van der Waals surface area contributed by atoms with Crippen molar-refractivity contribution in [3.8, 4) is 5.75 Å². The summed E-state index contributed by atoms with van der Waals surface area (Å²) in [7, 11) is 0. The predicted molar refractivity (Wildman–Crippen MR) is 81.7 cm³/mol. The van der Waals surface area contributed by atoms with Crippen molar-refractivity contribution in [2.45, 2.75) is 6.61 Å². The van der Waals surface area contributed by atoms with Gasteiger partial charge in [0.1, 0.15) is 12.4 Å². The van der Waals surface area contributed by atoms with Crippen molar-refractivity contribution in [2.75, 3.05) is 0 Å². The highest BCUT2D eigenvalue weighted by atomic mass is 16.5. The average molecular weight is 278 g/mol. The van der Waals surface area contributed by atoms with Crippen LogP contribution in [0.1, 0.15) is 15.9 Å². The summed E-state index contributed by atoms with van der Waals surface area (Å²) in [6.45, 7) is 0.415. The highest BCUT2D eigenvalue weighted by Gasteiger charge is 2.02. The normalized spacial score (nSPS) is 10.5. The molecule has 3 aromatic rings. The number of rotatable bonds is 4. The Kier molecular flexibility index (Phi) is 3.56. The summed E-state index contributed by atoms with van der Waals surface area (Å²) < 4.78 is 5.75. The van der Waals surface area contributed by atoms with Crippen molar-refractivity contribution in [3.63, 3.8) is 0 Å². The third-order valence-electron chi connectivity index (χ3n) is 3.33. The van der Waals surface area contributed by atoms with Crippen LogP contribution in [0.25, 0.3) is 10.8 Å². The molecule has 0 aliphatic carbocycles. The van der Waals surface area contributed by atoms with Crippen LogP contribution in [0.3, 0.4) is 0 Å². The number of carboxylic acid groups (broad SMARTS) is 1. The van der Waals surface area contributed by atoms with E-state index < -0.39 is 5.97 Å². The van der Waals surface area contributed by atoms with E-state index in [2.05, 4.69) is 6.07 Å². The number of aromatic carboxylic acids is 1. The van der Waals surface area contributed by atoms with E-state index in [0.29, 0.717) is 6.61 Å². The van der Waals surface area contributed by atoms with Crippen molar-refractivity contribution in [3.05, 3.63) is 77.9 Å². The summed E-state index contributed by atoms with van der Waals surface area (Å²) in [5.41, 5.74) is 1.22. The second-order valence-corrected chi connectivity index (χ2v) is 4.80. The van der Waals surface area contributed by atoms with Gasteiger partial charge in [-0.25, -0.2) is 4.79 Å². The van der Waals surface area contributed by atoms with Crippen LogP contribution in [0.15, 0.2) is 66.7 Å². The van der Waals surface area contributed by atoms with E-state index in [1.54, 1.807) is 24.3 Å². The Morgan fingerprint density at radius 3 is 2.33 bits per heavy atom. The van der Waals surface area contributed by atoms with Crippen LogP contribution in [0, 0.1) is 0 Å². The Morgan fingerprint density at radius 1 is 0.905 bits per heavy atom. The van der Waals surface area contributed by atoms with E-state index in [4.69, 9.17) is 9.84 Å². The van der Waals surface area contributed by atoms with Gasteiger partial charge >= 0.3 is 5.97 Å². The first-order chi connectivity index (χ1) is 10.2.